The summed E-state index contributed by atoms with van der Waals surface area (Å²) in [6, 6.07) is 10.7. The van der Waals surface area contributed by atoms with Crippen LogP contribution in [0.15, 0.2) is 46.9 Å². The third kappa shape index (κ3) is 4.14. The van der Waals surface area contributed by atoms with E-state index in [0.717, 1.165) is 16.1 Å². The lowest BCUT2D eigenvalue weighted by atomic mass is 10.2. The quantitative estimate of drug-likeness (QED) is 0.840. The molecule has 1 amide bonds. The summed E-state index contributed by atoms with van der Waals surface area (Å²) < 4.78 is 19.0. The van der Waals surface area contributed by atoms with Gasteiger partial charge in [0, 0.05) is 10.2 Å². The monoisotopic (exact) mass is 365 g/mol. The summed E-state index contributed by atoms with van der Waals surface area (Å²) in [5, 5.41) is 2.59. The van der Waals surface area contributed by atoms with Gasteiger partial charge in [-0.15, -0.1) is 0 Å². The van der Waals surface area contributed by atoms with Gasteiger partial charge in [0.15, 0.2) is 6.61 Å². The van der Waals surface area contributed by atoms with Gasteiger partial charge in [-0.3, -0.25) is 4.79 Å². The Balaban J connectivity index is 1.91. The Morgan fingerprint density at radius 2 is 1.95 bits per heavy atom. The van der Waals surface area contributed by atoms with Crippen LogP contribution in [0.1, 0.15) is 15.9 Å². The first-order valence-corrected chi connectivity index (χ1v) is 7.24. The van der Waals surface area contributed by atoms with Crippen LogP contribution >= 0.6 is 15.9 Å². The van der Waals surface area contributed by atoms with Crippen LogP contribution in [0.5, 0.6) is 0 Å². The highest BCUT2D eigenvalue weighted by molar-refractivity contribution is 9.10. The zero-order valence-corrected chi connectivity index (χ0v) is 13.3. The van der Waals surface area contributed by atoms with E-state index in [9.17, 15) is 14.0 Å². The minimum atomic E-state index is -0.877. The second kappa shape index (κ2) is 7.17. The molecule has 0 aliphatic rings. The van der Waals surface area contributed by atoms with Crippen molar-refractivity contribution in [2.24, 2.45) is 0 Å². The van der Waals surface area contributed by atoms with Crippen LogP contribution in [0, 0.1) is 12.7 Å². The maximum Gasteiger partial charge on any atom is 0.341 e. The fraction of sp³-hybridized carbons (Fsp3) is 0.125. The lowest BCUT2D eigenvalue weighted by molar-refractivity contribution is -0.119. The SMILES string of the molecule is Cc1ccc(NC(=O)COC(=O)c2ccccc2F)cc1Br. The number of carbonyl (C=O) groups is 2. The van der Waals surface area contributed by atoms with Crippen LogP contribution < -0.4 is 5.32 Å². The third-order valence-electron chi connectivity index (χ3n) is 2.88. The van der Waals surface area contributed by atoms with Crippen LogP contribution in [-0.2, 0) is 9.53 Å². The maximum atomic E-state index is 13.4. The highest BCUT2D eigenvalue weighted by atomic mass is 79.9. The highest BCUT2D eigenvalue weighted by Gasteiger charge is 2.14. The minimum absolute atomic E-state index is 0.201. The molecule has 0 bridgehead atoms. The van der Waals surface area contributed by atoms with Crippen molar-refractivity contribution in [3.63, 3.8) is 0 Å². The molecule has 4 nitrogen and oxygen atoms in total. The van der Waals surface area contributed by atoms with Gasteiger partial charge in [-0.05, 0) is 36.8 Å². The number of aryl methyl sites for hydroxylation is 1. The van der Waals surface area contributed by atoms with E-state index in [2.05, 4.69) is 21.2 Å². The van der Waals surface area contributed by atoms with E-state index in [1.165, 1.54) is 18.2 Å². The molecule has 2 aromatic carbocycles. The van der Waals surface area contributed by atoms with Crippen molar-refractivity contribution in [2.45, 2.75) is 6.92 Å². The normalized spacial score (nSPS) is 10.1. The van der Waals surface area contributed by atoms with Crippen LogP contribution in [0.3, 0.4) is 0 Å². The molecule has 0 saturated carbocycles. The Kier molecular flexibility index (Phi) is 5.27. The predicted octanol–water partition coefficient (Wildman–Crippen LogP) is 3.69. The number of hydrogen-bond acceptors (Lipinski definition) is 3. The fourth-order valence-corrected chi connectivity index (χ4v) is 2.08. The summed E-state index contributed by atoms with van der Waals surface area (Å²) in [6.07, 6.45) is 0. The molecule has 22 heavy (non-hydrogen) atoms. The average molecular weight is 366 g/mol. The van der Waals surface area contributed by atoms with Crippen molar-refractivity contribution in [3.05, 3.63) is 63.9 Å². The number of benzene rings is 2. The summed E-state index contributed by atoms with van der Waals surface area (Å²) in [6.45, 7) is 1.44. The summed E-state index contributed by atoms with van der Waals surface area (Å²) in [5.74, 6) is -2.06. The second-order valence-corrected chi connectivity index (χ2v) is 5.42. The zero-order chi connectivity index (χ0) is 16.1. The Morgan fingerprint density at radius 1 is 1.23 bits per heavy atom. The van der Waals surface area contributed by atoms with Gasteiger partial charge >= 0.3 is 5.97 Å². The lowest BCUT2D eigenvalue weighted by Crippen LogP contribution is -2.21. The van der Waals surface area contributed by atoms with E-state index in [1.807, 2.05) is 13.0 Å². The number of ether oxygens (including phenoxy) is 1. The molecule has 1 N–H and O–H groups in total. The maximum absolute atomic E-state index is 13.4. The van der Waals surface area contributed by atoms with E-state index in [0.29, 0.717) is 5.69 Å². The van der Waals surface area contributed by atoms with Crippen LogP contribution in [0.2, 0.25) is 0 Å². The van der Waals surface area contributed by atoms with Gasteiger partial charge in [-0.2, -0.15) is 0 Å². The molecule has 0 saturated heterocycles. The average Bonchev–Trinajstić information content (AvgIpc) is 2.49. The van der Waals surface area contributed by atoms with E-state index in [4.69, 9.17) is 4.74 Å². The summed E-state index contributed by atoms with van der Waals surface area (Å²) in [7, 11) is 0. The van der Waals surface area contributed by atoms with Crippen LogP contribution in [0.4, 0.5) is 10.1 Å². The number of anilines is 1. The van der Waals surface area contributed by atoms with Gasteiger partial charge in [0.2, 0.25) is 0 Å². The number of rotatable bonds is 4. The first kappa shape index (κ1) is 16.2. The van der Waals surface area contributed by atoms with Gasteiger partial charge in [0.25, 0.3) is 5.91 Å². The minimum Gasteiger partial charge on any atom is -0.452 e. The molecule has 114 valence electrons. The first-order valence-electron chi connectivity index (χ1n) is 6.45. The van der Waals surface area contributed by atoms with Crippen molar-refractivity contribution < 1.29 is 18.7 Å². The molecule has 0 spiro atoms. The summed E-state index contributed by atoms with van der Waals surface area (Å²) >= 11 is 3.36. The number of esters is 1. The van der Waals surface area contributed by atoms with E-state index in [-0.39, 0.29) is 5.56 Å². The Bertz CT molecular complexity index is 718. The summed E-state index contributed by atoms with van der Waals surface area (Å²) in [5.41, 5.74) is 1.40. The molecular weight excluding hydrogens is 353 g/mol. The molecule has 2 rings (SSSR count). The highest BCUT2D eigenvalue weighted by Crippen LogP contribution is 2.20. The number of hydrogen-bond donors (Lipinski definition) is 1. The topological polar surface area (TPSA) is 55.4 Å². The molecular formula is C16H13BrFNO3. The van der Waals surface area contributed by atoms with Crippen LogP contribution in [0.25, 0.3) is 0 Å². The van der Waals surface area contributed by atoms with Crippen molar-refractivity contribution in [1.82, 2.24) is 0 Å². The molecule has 0 aromatic heterocycles. The molecule has 0 fully saturated rings. The largest absolute Gasteiger partial charge is 0.452 e. The molecule has 0 unspecified atom stereocenters. The van der Waals surface area contributed by atoms with Crippen LogP contribution in [-0.4, -0.2) is 18.5 Å². The second-order valence-electron chi connectivity index (χ2n) is 4.57. The Labute approximate surface area is 135 Å². The molecule has 0 atom stereocenters. The first-order chi connectivity index (χ1) is 10.5. The number of nitrogens with one attached hydrogen (secondary N) is 1. The van der Waals surface area contributed by atoms with Gasteiger partial charge in [-0.1, -0.05) is 34.1 Å². The molecule has 0 heterocycles. The number of carbonyl (C=O) groups excluding carboxylic acids is 2. The van der Waals surface area contributed by atoms with Gasteiger partial charge in [0.1, 0.15) is 5.82 Å². The van der Waals surface area contributed by atoms with Crippen molar-refractivity contribution in [3.8, 4) is 0 Å². The summed E-state index contributed by atoms with van der Waals surface area (Å²) in [4.78, 5) is 23.4. The third-order valence-corrected chi connectivity index (χ3v) is 3.74. The van der Waals surface area contributed by atoms with E-state index >= 15 is 0 Å². The van der Waals surface area contributed by atoms with Gasteiger partial charge in [-0.25, -0.2) is 9.18 Å². The van der Waals surface area contributed by atoms with E-state index < -0.39 is 24.3 Å². The zero-order valence-electron chi connectivity index (χ0n) is 11.7. The van der Waals surface area contributed by atoms with Crippen molar-refractivity contribution >= 4 is 33.5 Å². The smallest absolute Gasteiger partial charge is 0.341 e. The number of halogens is 2. The van der Waals surface area contributed by atoms with Crippen molar-refractivity contribution in [1.29, 1.82) is 0 Å². The number of amides is 1. The Hall–Kier alpha value is -2.21. The predicted molar refractivity (Wildman–Crippen MR) is 84.2 cm³/mol. The molecule has 0 aliphatic carbocycles. The molecule has 6 heteroatoms. The van der Waals surface area contributed by atoms with E-state index in [1.54, 1.807) is 12.1 Å². The standard InChI is InChI=1S/C16H13BrFNO3/c1-10-6-7-11(8-13(10)17)19-15(20)9-22-16(21)12-4-2-3-5-14(12)18/h2-8H,9H2,1H3,(H,19,20). The molecule has 0 radical (unpaired) electrons. The van der Waals surface area contributed by atoms with Gasteiger partial charge in [0.05, 0.1) is 5.56 Å². The van der Waals surface area contributed by atoms with Gasteiger partial charge < -0.3 is 10.1 Å². The lowest BCUT2D eigenvalue weighted by Gasteiger charge is -2.08. The Morgan fingerprint density at radius 3 is 2.64 bits per heavy atom. The molecule has 0 aliphatic heterocycles. The molecule has 2 aromatic rings. The van der Waals surface area contributed by atoms with Crippen molar-refractivity contribution in [2.75, 3.05) is 11.9 Å². The fourth-order valence-electron chi connectivity index (χ4n) is 1.70.